The Morgan fingerprint density at radius 3 is 2.50 bits per heavy atom. The van der Waals surface area contributed by atoms with Crippen molar-refractivity contribution < 1.29 is 4.79 Å². The third-order valence-corrected chi connectivity index (χ3v) is 4.74. The second-order valence-electron chi connectivity index (χ2n) is 6.68. The molecular weight excluding hydrogens is 300 g/mol. The van der Waals surface area contributed by atoms with Crippen LogP contribution < -0.4 is 10.2 Å². The Balaban J connectivity index is 1.66. The SMILES string of the molecule is Cc1ccc(NC(=O)c2cnc(N3CCC(C)CC3)cn2)cc1C. The minimum atomic E-state index is -0.232. The van der Waals surface area contributed by atoms with Crippen LogP contribution in [0, 0.1) is 19.8 Å². The summed E-state index contributed by atoms with van der Waals surface area (Å²) < 4.78 is 0. The molecule has 2 aromatic rings. The van der Waals surface area contributed by atoms with Crippen molar-refractivity contribution in [2.24, 2.45) is 5.92 Å². The molecule has 1 N–H and O–H groups in total. The topological polar surface area (TPSA) is 58.1 Å². The molecular formula is C19H24N4O. The van der Waals surface area contributed by atoms with Gasteiger partial charge in [-0.05, 0) is 55.9 Å². The molecule has 0 unspecified atom stereocenters. The number of nitrogens with zero attached hydrogens (tertiary/aromatic N) is 3. The molecule has 1 fully saturated rings. The molecule has 1 amide bonds. The fourth-order valence-electron chi connectivity index (χ4n) is 2.85. The lowest BCUT2D eigenvalue weighted by Gasteiger charge is -2.30. The first-order valence-electron chi connectivity index (χ1n) is 8.48. The number of hydrogen-bond acceptors (Lipinski definition) is 4. The molecule has 0 aliphatic carbocycles. The smallest absolute Gasteiger partial charge is 0.275 e. The number of nitrogens with one attached hydrogen (secondary N) is 1. The van der Waals surface area contributed by atoms with Gasteiger partial charge in [0.25, 0.3) is 5.91 Å². The van der Waals surface area contributed by atoms with Crippen molar-refractivity contribution in [3.63, 3.8) is 0 Å². The number of anilines is 2. The van der Waals surface area contributed by atoms with Crippen LogP contribution in [0.4, 0.5) is 11.5 Å². The Bertz CT molecular complexity index is 719. The van der Waals surface area contributed by atoms with E-state index in [1.54, 1.807) is 12.4 Å². The predicted molar refractivity (Wildman–Crippen MR) is 96.5 cm³/mol. The molecule has 24 heavy (non-hydrogen) atoms. The number of hydrogen-bond donors (Lipinski definition) is 1. The van der Waals surface area contributed by atoms with Crippen LogP contribution >= 0.6 is 0 Å². The van der Waals surface area contributed by atoms with Gasteiger partial charge in [0.1, 0.15) is 11.5 Å². The maximum atomic E-state index is 12.3. The molecule has 126 valence electrons. The number of amides is 1. The van der Waals surface area contributed by atoms with Gasteiger partial charge in [0.05, 0.1) is 12.4 Å². The van der Waals surface area contributed by atoms with Crippen LogP contribution in [0.25, 0.3) is 0 Å². The van der Waals surface area contributed by atoms with Crippen LogP contribution in [0.15, 0.2) is 30.6 Å². The van der Waals surface area contributed by atoms with Crippen molar-refractivity contribution in [2.75, 3.05) is 23.3 Å². The molecule has 0 atom stereocenters. The van der Waals surface area contributed by atoms with E-state index in [1.165, 1.54) is 18.4 Å². The van der Waals surface area contributed by atoms with Crippen LogP contribution in [-0.4, -0.2) is 29.0 Å². The third-order valence-electron chi connectivity index (χ3n) is 4.74. The molecule has 5 heteroatoms. The monoisotopic (exact) mass is 324 g/mol. The van der Waals surface area contributed by atoms with Gasteiger partial charge in [0.2, 0.25) is 0 Å². The van der Waals surface area contributed by atoms with Crippen molar-refractivity contribution in [2.45, 2.75) is 33.6 Å². The number of aromatic nitrogens is 2. The number of carbonyl (C=O) groups is 1. The quantitative estimate of drug-likeness (QED) is 0.937. The van der Waals surface area contributed by atoms with E-state index < -0.39 is 0 Å². The molecule has 0 saturated carbocycles. The summed E-state index contributed by atoms with van der Waals surface area (Å²) in [5.74, 6) is 1.39. The number of carbonyl (C=O) groups excluding carboxylic acids is 1. The van der Waals surface area contributed by atoms with E-state index in [4.69, 9.17) is 0 Å². The van der Waals surface area contributed by atoms with Gasteiger partial charge < -0.3 is 10.2 Å². The summed E-state index contributed by atoms with van der Waals surface area (Å²) in [7, 11) is 0. The van der Waals surface area contributed by atoms with Crippen molar-refractivity contribution >= 4 is 17.4 Å². The highest BCUT2D eigenvalue weighted by Gasteiger charge is 2.18. The van der Waals surface area contributed by atoms with Crippen molar-refractivity contribution in [3.05, 3.63) is 47.4 Å². The Morgan fingerprint density at radius 1 is 1.12 bits per heavy atom. The van der Waals surface area contributed by atoms with Crippen LogP contribution in [-0.2, 0) is 0 Å². The minimum absolute atomic E-state index is 0.232. The Morgan fingerprint density at radius 2 is 1.88 bits per heavy atom. The first kappa shape index (κ1) is 16.4. The maximum absolute atomic E-state index is 12.3. The van der Waals surface area contributed by atoms with Gasteiger partial charge in [0, 0.05) is 18.8 Å². The Kier molecular flexibility index (Phi) is 4.79. The van der Waals surface area contributed by atoms with Crippen molar-refractivity contribution in [1.29, 1.82) is 0 Å². The first-order valence-corrected chi connectivity index (χ1v) is 8.48. The summed E-state index contributed by atoms with van der Waals surface area (Å²) in [6.07, 6.45) is 5.61. The molecule has 1 aromatic heterocycles. The molecule has 3 rings (SSSR count). The lowest BCUT2D eigenvalue weighted by Crippen LogP contribution is -2.33. The molecule has 1 saturated heterocycles. The summed E-state index contributed by atoms with van der Waals surface area (Å²) in [4.78, 5) is 23.3. The largest absolute Gasteiger partial charge is 0.355 e. The van der Waals surface area contributed by atoms with Gasteiger partial charge in [0.15, 0.2) is 0 Å². The van der Waals surface area contributed by atoms with E-state index in [9.17, 15) is 4.79 Å². The van der Waals surface area contributed by atoms with Gasteiger partial charge in [-0.1, -0.05) is 13.0 Å². The lowest BCUT2D eigenvalue weighted by atomic mass is 9.99. The van der Waals surface area contributed by atoms with Crippen molar-refractivity contribution in [1.82, 2.24) is 9.97 Å². The molecule has 0 spiro atoms. The van der Waals surface area contributed by atoms with E-state index in [2.05, 4.69) is 27.1 Å². The summed E-state index contributed by atoms with van der Waals surface area (Å²) in [5, 5.41) is 2.88. The van der Waals surface area contributed by atoms with Gasteiger partial charge >= 0.3 is 0 Å². The van der Waals surface area contributed by atoms with E-state index in [-0.39, 0.29) is 5.91 Å². The van der Waals surface area contributed by atoms with Crippen LogP contribution in [0.5, 0.6) is 0 Å². The highest BCUT2D eigenvalue weighted by atomic mass is 16.1. The number of rotatable bonds is 3. The second-order valence-corrected chi connectivity index (χ2v) is 6.68. The average molecular weight is 324 g/mol. The zero-order chi connectivity index (χ0) is 17.1. The molecule has 0 bridgehead atoms. The summed E-state index contributed by atoms with van der Waals surface area (Å²) >= 11 is 0. The predicted octanol–water partition coefficient (Wildman–Crippen LogP) is 3.58. The highest BCUT2D eigenvalue weighted by molar-refractivity contribution is 6.02. The van der Waals surface area contributed by atoms with Crippen LogP contribution in [0.1, 0.15) is 41.4 Å². The summed E-state index contributed by atoms with van der Waals surface area (Å²) in [6.45, 7) is 8.36. The molecule has 1 aliphatic heterocycles. The van der Waals surface area contributed by atoms with Crippen LogP contribution in [0.3, 0.4) is 0 Å². The molecule has 5 nitrogen and oxygen atoms in total. The molecule has 1 aromatic carbocycles. The number of aryl methyl sites for hydroxylation is 2. The van der Waals surface area contributed by atoms with Gasteiger partial charge in [-0.2, -0.15) is 0 Å². The van der Waals surface area contributed by atoms with E-state index in [1.807, 2.05) is 32.0 Å². The van der Waals surface area contributed by atoms with Gasteiger partial charge in [-0.25, -0.2) is 9.97 Å². The summed E-state index contributed by atoms with van der Waals surface area (Å²) in [5.41, 5.74) is 3.46. The average Bonchev–Trinajstić information content (AvgIpc) is 2.59. The maximum Gasteiger partial charge on any atom is 0.275 e. The number of piperidine rings is 1. The molecule has 2 heterocycles. The standard InChI is InChI=1S/C19H24N4O/c1-13-6-8-23(9-7-13)18-12-20-17(11-21-18)19(24)22-16-5-4-14(2)15(3)10-16/h4-5,10-13H,6-9H2,1-3H3,(H,22,24). The minimum Gasteiger partial charge on any atom is -0.355 e. The zero-order valence-corrected chi connectivity index (χ0v) is 14.5. The third kappa shape index (κ3) is 3.72. The second kappa shape index (κ2) is 6.99. The number of benzene rings is 1. The lowest BCUT2D eigenvalue weighted by molar-refractivity contribution is 0.102. The fraction of sp³-hybridized carbons (Fsp3) is 0.421. The molecule has 0 radical (unpaired) electrons. The normalized spacial score (nSPS) is 15.4. The highest BCUT2D eigenvalue weighted by Crippen LogP contribution is 2.21. The van der Waals surface area contributed by atoms with Gasteiger partial charge in [-0.3, -0.25) is 4.79 Å². The van der Waals surface area contributed by atoms with E-state index >= 15 is 0 Å². The first-order chi connectivity index (χ1) is 11.5. The summed E-state index contributed by atoms with van der Waals surface area (Å²) in [6, 6.07) is 5.86. The Hall–Kier alpha value is -2.43. The van der Waals surface area contributed by atoms with Gasteiger partial charge in [-0.15, -0.1) is 0 Å². The van der Waals surface area contributed by atoms with E-state index in [0.29, 0.717) is 5.69 Å². The van der Waals surface area contributed by atoms with E-state index in [0.717, 1.165) is 36.1 Å². The van der Waals surface area contributed by atoms with Crippen molar-refractivity contribution in [3.8, 4) is 0 Å². The fourth-order valence-corrected chi connectivity index (χ4v) is 2.85. The molecule has 1 aliphatic rings. The Labute approximate surface area is 143 Å². The van der Waals surface area contributed by atoms with Crippen LogP contribution in [0.2, 0.25) is 0 Å². The zero-order valence-electron chi connectivity index (χ0n) is 14.5.